The standard InChI is InChI=1S/C12H25F3N2/c1-5-17(9-12(13,14)15)7-6-10(16)8-11(2,3)4/h10H,5-9,16H2,1-4H3. The first kappa shape index (κ1) is 16.7. The first-order valence-corrected chi connectivity index (χ1v) is 6.08. The number of hydrogen-bond acceptors (Lipinski definition) is 2. The fourth-order valence-electron chi connectivity index (χ4n) is 1.84. The summed E-state index contributed by atoms with van der Waals surface area (Å²) in [6, 6.07) is -0.0303. The predicted molar refractivity (Wildman–Crippen MR) is 64.8 cm³/mol. The van der Waals surface area contributed by atoms with Gasteiger partial charge in [0.25, 0.3) is 0 Å². The summed E-state index contributed by atoms with van der Waals surface area (Å²) in [4.78, 5) is 1.39. The molecule has 0 aliphatic carbocycles. The zero-order valence-corrected chi connectivity index (χ0v) is 11.3. The van der Waals surface area contributed by atoms with Crippen molar-refractivity contribution in [3.8, 4) is 0 Å². The van der Waals surface area contributed by atoms with Gasteiger partial charge in [0.2, 0.25) is 0 Å². The van der Waals surface area contributed by atoms with Crippen LogP contribution in [0, 0.1) is 5.41 Å². The topological polar surface area (TPSA) is 29.3 Å². The SMILES string of the molecule is CCN(CCC(N)CC(C)(C)C)CC(F)(F)F. The minimum Gasteiger partial charge on any atom is -0.328 e. The van der Waals surface area contributed by atoms with Crippen molar-refractivity contribution in [2.75, 3.05) is 19.6 Å². The van der Waals surface area contributed by atoms with Crippen molar-refractivity contribution in [1.82, 2.24) is 4.90 Å². The van der Waals surface area contributed by atoms with E-state index in [0.717, 1.165) is 6.42 Å². The number of rotatable bonds is 6. The van der Waals surface area contributed by atoms with Gasteiger partial charge in [0.1, 0.15) is 0 Å². The van der Waals surface area contributed by atoms with Crippen molar-refractivity contribution in [2.24, 2.45) is 11.1 Å². The Balaban J connectivity index is 3.99. The maximum Gasteiger partial charge on any atom is 0.401 e. The number of hydrogen-bond donors (Lipinski definition) is 1. The van der Waals surface area contributed by atoms with E-state index in [1.165, 1.54) is 4.90 Å². The third-order valence-corrected chi connectivity index (χ3v) is 2.54. The van der Waals surface area contributed by atoms with Crippen molar-refractivity contribution in [3.05, 3.63) is 0 Å². The van der Waals surface area contributed by atoms with Gasteiger partial charge in [0.15, 0.2) is 0 Å². The lowest BCUT2D eigenvalue weighted by atomic mass is 9.87. The van der Waals surface area contributed by atoms with Gasteiger partial charge in [0.05, 0.1) is 6.54 Å². The highest BCUT2D eigenvalue weighted by Crippen LogP contribution is 2.21. The minimum absolute atomic E-state index is 0.0303. The zero-order valence-electron chi connectivity index (χ0n) is 11.3. The average Bonchev–Trinajstić information content (AvgIpc) is 2.07. The van der Waals surface area contributed by atoms with E-state index in [1.54, 1.807) is 6.92 Å². The first-order chi connectivity index (χ1) is 7.53. The second-order valence-electron chi connectivity index (χ2n) is 5.80. The van der Waals surface area contributed by atoms with E-state index in [4.69, 9.17) is 5.73 Å². The maximum absolute atomic E-state index is 12.2. The van der Waals surface area contributed by atoms with Crippen LogP contribution in [0.2, 0.25) is 0 Å². The van der Waals surface area contributed by atoms with Gasteiger partial charge in [0, 0.05) is 6.04 Å². The monoisotopic (exact) mass is 254 g/mol. The Morgan fingerprint density at radius 1 is 1.18 bits per heavy atom. The lowest BCUT2D eigenvalue weighted by molar-refractivity contribution is -0.145. The van der Waals surface area contributed by atoms with Crippen LogP contribution < -0.4 is 5.73 Å². The lowest BCUT2D eigenvalue weighted by Crippen LogP contribution is -2.38. The van der Waals surface area contributed by atoms with E-state index in [-0.39, 0.29) is 11.5 Å². The Kier molecular flexibility index (Phi) is 6.48. The molecule has 0 aromatic rings. The fourth-order valence-corrected chi connectivity index (χ4v) is 1.84. The molecule has 0 spiro atoms. The Labute approximate surface area is 102 Å². The molecule has 1 unspecified atom stereocenters. The smallest absolute Gasteiger partial charge is 0.328 e. The molecule has 0 saturated carbocycles. The van der Waals surface area contributed by atoms with Crippen LogP contribution in [0.25, 0.3) is 0 Å². The van der Waals surface area contributed by atoms with E-state index < -0.39 is 12.7 Å². The molecule has 2 N–H and O–H groups in total. The summed E-state index contributed by atoms with van der Waals surface area (Å²) in [6.45, 7) is 7.96. The first-order valence-electron chi connectivity index (χ1n) is 6.08. The quantitative estimate of drug-likeness (QED) is 0.789. The molecule has 2 nitrogen and oxygen atoms in total. The largest absolute Gasteiger partial charge is 0.401 e. The molecular weight excluding hydrogens is 229 g/mol. The highest BCUT2D eigenvalue weighted by molar-refractivity contribution is 4.73. The van der Waals surface area contributed by atoms with E-state index in [9.17, 15) is 13.2 Å². The number of halogens is 3. The van der Waals surface area contributed by atoms with Gasteiger partial charge in [-0.2, -0.15) is 13.2 Å². The molecule has 0 aliphatic heterocycles. The predicted octanol–water partition coefficient (Wildman–Crippen LogP) is 3.02. The summed E-state index contributed by atoms with van der Waals surface area (Å²) in [7, 11) is 0. The van der Waals surface area contributed by atoms with Crippen molar-refractivity contribution in [2.45, 2.75) is 52.8 Å². The summed E-state index contributed by atoms with van der Waals surface area (Å²) in [6.07, 6.45) is -2.68. The minimum atomic E-state index is -4.12. The van der Waals surface area contributed by atoms with Crippen LogP contribution in [0.15, 0.2) is 0 Å². The van der Waals surface area contributed by atoms with Crippen LogP contribution >= 0.6 is 0 Å². The van der Waals surface area contributed by atoms with Crippen molar-refractivity contribution in [1.29, 1.82) is 0 Å². The number of nitrogens with zero attached hydrogens (tertiary/aromatic N) is 1. The van der Waals surface area contributed by atoms with Gasteiger partial charge >= 0.3 is 6.18 Å². The maximum atomic E-state index is 12.2. The van der Waals surface area contributed by atoms with Crippen LogP contribution in [0.3, 0.4) is 0 Å². The van der Waals surface area contributed by atoms with Gasteiger partial charge in [-0.05, 0) is 31.3 Å². The third-order valence-electron chi connectivity index (χ3n) is 2.54. The third kappa shape index (κ3) is 10.6. The second kappa shape index (κ2) is 6.59. The summed E-state index contributed by atoms with van der Waals surface area (Å²) in [5, 5.41) is 0. The second-order valence-corrected chi connectivity index (χ2v) is 5.80. The van der Waals surface area contributed by atoms with Gasteiger partial charge in [-0.3, -0.25) is 4.90 Å². The van der Waals surface area contributed by atoms with Crippen molar-refractivity contribution >= 4 is 0 Å². The van der Waals surface area contributed by atoms with Gasteiger partial charge in [-0.15, -0.1) is 0 Å². The van der Waals surface area contributed by atoms with Crippen LogP contribution in [0.1, 0.15) is 40.5 Å². The molecule has 0 fully saturated rings. The molecule has 0 amide bonds. The molecule has 0 bridgehead atoms. The molecule has 0 radical (unpaired) electrons. The van der Waals surface area contributed by atoms with Crippen LogP contribution in [0.5, 0.6) is 0 Å². The summed E-state index contributed by atoms with van der Waals surface area (Å²) < 4.78 is 36.6. The van der Waals surface area contributed by atoms with E-state index in [0.29, 0.717) is 19.5 Å². The average molecular weight is 254 g/mol. The highest BCUT2D eigenvalue weighted by atomic mass is 19.4. The van der Waals surface area contributed by atoms with Crippen molar-refractivity contribution in [3.63, 3.8) is 0 Å². The Morgan fingerprint density at radius 2 is 1.71 bits per heavy atom. The van der Waals surface area contributed by atoms with Crippen LogP contribution in [0.4, 0.5) is 13.2 Å². The zero-order chi connectivity index (χ0) is 13.7. The molecule has 104 valence electrons. The fraction of sp³-hybridized carbons (Fsp3) is 1.00. The van der Waals surface area contributed by atoms with E-state index in [2.05, 4.69) is 20.8 Å². The van der Waals surface area contributed by atoms with E-state index in [1.807, 2.05) is 0 Å². The molecule has 17 heavy (non-hydrogen) atoms. The molecule has 0 rings (SSSR count). The van der Waals surface area contributed by atoms with E-state index >= 15 is 0 Å². The van der Waals surface area contributed by atoms with Gasteiger partial charge < -0.3 is 5.73 Å². The number of nitrogens with two attached hydrogens (primary N) is 1. The molecule has 0 heterocycles. The van der Waals surface area contributed by atoms with Crippen LogP contribution in [-0.4, -0.2) is 36.8 Å². The normalized spacial score (nSPS) is 15.4. The Hall–Kier alpha value is -0.290. The molecule has 0 aromatic heterocycles. The molecule has 0 aromatic carbocycles. The molecule has 1 atom stereocenters. The molecule has 0 aliphatic rings. The summed E-state index contributed by atoms with van der Waals surface area (Å²) >= 11 is 0. The van der Waals surface area contributed by atoms with Crippen molar-refractivity contribution < 1.29 is 13.2 Å². The molecular formula is C12H25F3N2. The van der Waals surface area contributed by atoms with Gasteiger partial charge in [-0.1, -0.05) is 27.7 Å². The Morgan fingerprint density at radius 3 is 2.06 bits per heavy atom. The molecule has 0 saturated heterocycles. The highest BCUT2D eigenvalue weighted by Gasteiger charge is 2.30. The van der Waals surface area contributed by atoms with Gasteiger partial charge in [-0.25, -0.2) is 0 Å². The molecule has 5 heteroatoms. The summed E-state index contributed by atoms with van der Waals surface area (Å²) in [5.74, 6) is 0. The Bertz CT molecular complexity index is 209. The lowest BCUT2D eigenvalue weighted by Gasteiger charge is -2.26. The van der Waals surface area contributed by atoms with Crippen LogP contribution in [-0.2, 0) is 0 Å². The summed E-state index contributed by atoms with van der Waals surface area (Å²) in [5.41, 5.74) is 6.04. The number of alkyl halides is 3.